The van der Waals surface area contributed by atoms with Crippen molar-refractivity contribution in [2.45, 2.75) is 180 Å². The molecule has 148 heavy (non-hydrogen) atoms. The van der Waals surface area contributed by atoms with Crippen LogP contribution in [0.3, 0.4) is 0 Å². The molecule has 0 amide bonds. The number of aromatic hydroxyl groups is 2. The van der Waals surface area contributed by atoms with Gasteiger partial charge in [-0.25, -0.2) is 33.6 Å². The SMILES string of the molecule is CCC1CCc2c(c(=O)oc3cc(OS(N)(=O)=O)ccc23)C1O.Cc1cc(OS(N)(=O)=O)cc2oc(=O)c3cc(O)ccc3c12.NS(=O)(=O)Oc1cc2c3c(cc(=O)oc3c1)CCC2.NS(=O)(=O)Oc1cc2oc(=O)ccc2c2c1CCCC2.NS(=O)(=O)Oc1ccc2c3c(c(=O)oc2c1)CCCCC3.NS(=O)(=O)Oc1ccc2c3c(c(=O)oc2c1)CCCCCC3.NS(=O)(=O)Oc1ccc2c3c(c(=O)oc2c1O)CCCC3. The van der Waals surface area contributed by atoms with Crippen molar-refractivity contribution in [3.8, 4) is 51.7 Å². The van der Waals surface area contributed by atoms with Crippen molar-refractivity contribution in [2.75, 3.05) is 0 Å². The summed E-state index contributed by atoms with van der Waals surface area (Å²) in [5.74, 6) is -0.740. The smallest absolute Gasteiger partial charge is 0.380 e. The maximum absolute atomic E-state index is 12.2. The average molecular weight is 2180 g/mol. The van der Waals surface area contributed by atoms with E-state index in [1.807, 2.05) is 6.92 Å². The number of aliphatic hydroxyl groups excluding tert-OH is 1. The Morgan fingerprint density at radius 3 is 1.16 bits per heavy atom. The molecular formula is C96H97N7O38S7. The number of fused-ring (bicyclic) bond motifs is 18. The highest BCUT2D eigenvalue weighted by Gasteiger charge is 2.34. The molecule has 0 bridgehead atoms. The number of phenols is 2. The van der Waals surface area contributed by atoms with E-state index in [1.165, 1.54) is 91.0 Å². The summed E-state index contributed by atoms with van der Waals surface area (Å²) >= 11 is 0. The van der Waals surface area contributed by atoms with E-state index >= 15 is 0 Å². The lowest BCUT2D eigenvalue weighted by molar-refractivity contribution is 0.0881. The lowest BCUT2D eigenvalue weighted by Gasteiger charge is -2.28. The van der Waals surface area contributed by atoms with Gasteiger partial charge in [0.1, 0.15) is 68.0 Å². The first kappa shape index (κ1) is 108. The quantitative estimate of drug-likeness (QED) is 0.0259. The van der Waals surface area contributed by atoms with Crippen LogP contribution in [-0.2, 0) is 143 Å². The highest BCUT2D eigenvalue weighted by atomic mass is 32.3. The molecule has 7 aromatic heterocycles. The third kappa shape index (κ3) is 26.8. The lowest BCUT2D eigenvalue weighted by Crippen LogP contribution is -2.26. The molecule has 786 valence electrons. The van der Waals surface area contributed by atoms with Gasteiger partial charge in [0, 0.05) is 114 Å². The van der Waals surface area contributed by atoms with E-state index in [2.05, 4.69) is 25.1 Å². The number of aryl methyl sites for hydroxylation is 8. The Hall–Kier alpha value is -14.0. The van der Waals surface area contributed by atoms with E-state index in [9.17, 15) is 108 Å². The third-order valence-corrected chi connectivity index (χ3v) is 28.0. The maximum atomic E-state index is 12.2. The molecule has 6 aliphatic carbocycles. The van der Waals surface area contributed by atoms with Crippen LogP contribution in [0.15, 0.2) is 198 Å². The third-order valence-electron chi connectivity index (χ3n) is 25.1. The number of rotatable bonds is 15. The zero-order valence-electron chi connectivity index (χ0n) is 78.6. The summed E-state index contributed by atoms with van der Waals surface area (Å²) in [6, 6.07) is 32.5. The average Bonchev–Trinajstić information content (AvgIpc) is 0.860. The summed E-state index contributed by atoms with van der Waals surface area (Å²) in [5, 5.41) is 69.8. The van der Waals surface area contributed by atoms with Gasteiger partial charge in [0.2, 0.25) is 5.75 Å². The number of aliphatic hydroxyl groups is 1. The standard InChI is InChI=1S/C15H17NO6S.C15H17NO5S.C14H11NO6S.C14H15NO5S.C13H13NO6S.C13H13NO5S.C12H11NO5S/c1-2-8-3-5-11-10-6-4-9(22-23(16,19)20)7-12(10)21-15(18)13(11)14(8)17;16-22(18,19)21-10-7-8-12-11-5-3-1-2-4-6-13(11)15(17)20-14(12)9-10;1-7-4-9(21-22(15,18)19)6-12-13(7)10-3-2-8(16)5-11(10)14(17)20-12;15-21(17,18)20-9-6-7-11-10-4-2-1-3-5-12(10)14(16)19-13(11)8-9;14-21(17,18)20-10-6-5-8-7-3-1-2-4-9(7)13(16)19-12(8)11(10)15;14-20(16,17)19-12-7-11-10(5-6-13(15)18-11)8-3-1-2-4-9(8)12;13-19(15,16)18-9-4-7-2-1-3-8-5-11(14)17-10(6-9)12(7)8/h4,6-8,14,17H,2-3,5H2,1H3,(H2,16,19,20);7-9H,1-6H2,(H2,16,18,19);2-6,16H,1H3,(H2,15,18,19);6-8H,1-5H2,(H2,15,17,18);5-6,15H,1-4H2,(H2,14,17,18);5-7H,1-4H2,(H2,14,16,17);4-6H,1-3H2,(H2,13,15,16). The molecule has 0 aliphatic heterocycles. The van der Waals surface area contributed by atoms with E-state index in [4.69, 9.17) is 71.1 Å². The minimum Gasteiger partial charge on any atom is -0.508 e. The fourth-order valence-electron chi connectivity index (χ4n) is 19.1. The van der Waals surface area contributed by atoms with Gasteiger partial charge in [-0.1, -0.05) is 32.6 Å². The van der Waals surface area contributed by atoms with Crippen molar-refractivity contribution in [1.29, 1.82) is 0 Å². The number of hydrogen-bond acceptors (Lipinski definition) is 38. The predicted octanol–water partition coefficient (Wildman–Crippen LogP) is 9.68. The van der Waals surface area contributed by atoms with Crippen LogP contribution in [0.1, 0.15) is 175 Å². The normalized spacial score (nSPS) is 15.6. The minimum absolute atomic E-state index is 0.0294. The second-order valence-corrected chi connectivity index (χ2v) is 43.4. The summed E-state index contributed by atoms with van der Waals surface area (Å²) in [6.07, 6.45) is 21.0. The summed E-state index contributed by atoms with van der Waals surface area (Å²) < 4.78 is 223. The first-order valence-corrected chi connectivity index (χ1v) is 56.1. The Morgan fingerprint density at radius 2 is 0.662 bits per heavy atom. The molecule has 2 unspecified atom stereocenters. The zero-order chi connectivity index (χ0) is 107. The Labute approximate surface area is 841 Å². The number of benzene rings is 8. The van der Waals surface area contributed by atoms with Gasteiger partial charge >= 0.3 is 112 Å². The maximum Gasteiger partial charge on any atom is 0.380 e. The minimum atomic E-state index is -4.28. The Morgan fingerprint density at radius 1 is 0.297 bits per heavy atom. The highest BCUT2D eigenvalue weighted by molar-refractivity contribution is 7.86. The van der Waals surface area contributed by atoms with Gasteiger partial charge < -0.3 is 75.5 Å². The predicted molar refractivity (Wildman–Crippen MR) is 539 cm³/mol. The van der Waals surface area contributed by atoms with Crippen LogP contribution in [0.5, 0.6) is 51.7 Å². The Balaban J connectivity index is 0.000000129. The Bertz CT molecular complexity index is 9210. The number of hydrogen-bond donors (Lipinski definition) is 10. The molecule has 0 saturated carbocycles. The molecule has 0 spiro atoms. The van der Waals surface area contributed by atoms with Crippen LogP contribution in [0, 0.1) is 12.8 Å². The molecule has 15 aromatic rings. The van der Waals surface area contributed by atoms with Crippen molar-refractivity contribution < 1.29 is 134 Å². The molecule has 6 aliphatic rings. The van der Waals surface area contributed by atoms with Gasteiger partial charge in [0.05, 0.1) is 17.1 Å². The fraction of sp³-hybridized carbons (Fsp3) is 0.302. The molecule has 2 atom stereocenters. The fourth-order valence-corrected chi connectivity index (χ4v) is 21.8. The van der Waals surface area contributed by atoms with Gasteiger partial charge in [0.15, 0.2) is 17.1 Å². The van der Waals surface area contributed by atoms with E-state index < -0.39 is 112 Å². The number of phenolic OH excluding ortho intramolecular Hbond substituents is 2. The summed E-state index contributed by atoms with van der Waals surface area (Å²) in [7, 11) is -29.0. The van der Waals surface area contributed by atoms with E-state index in [0.29, 0.717) is 79.8 Å². The van der Waals surface area contributed by atoms with Gasteiger partial charge in [-0.15, -0.1) is 0 Å². The highest BCUT2D eigenvalue weighted by Crippen LogP contribution is 2.43. The Kier molecular flexibility index (Phi) is 32.0. The lowest BCUT2D eigenvalue weighted by atomic mass is 9.80. The molecule has 0 fully saturated rings. The molecule has 52 heteroatoms. The van der Waals surface area contributed by atoms with Crippen molar-refractivity contribution >= 4 is 160 Å². The summed E-state index contributed by atoms with van der Waals surface area (Å²) in [6.45, 7) is 3.68. The second-order valence-electron chi connectivity index (χ2n) is 35.3. The first-order chi connectivity index (χ1) is 69.6. The van der Waals surface area contributed by atoms with Crippen LogP contribution >= 0.6 is 0 Å². The molecule has 0 radical (unpaired) electrons. The van der Waals surface area contributed by atoms with Gasteiger partial charge in [-0.2, -0.15) is 94.9 Å². The summed E-state index contributed by atoms with van der Waals surface area (Å²) in [5.41, 5.74) is 8.42. The zero-order valence-corrected chi connectivity index (χ0v) is 84.3. The van der Waals surface area contributed by atoms with Crippen LogP contribution in [0.2, 0.25) is 0 Å². The van der Waals surface area contributed by atoms with E-state index in [1.54, 1.807) is 49.4 Å². The largest absolute Gasteiger partial charge is 0.508 e. The van der Waals surface area contributed by atoms with Crippen molar-refractivity contribution in [1.82, 2.24) is 0 Å². The van der Waals surface area contributed by atoms with Gasteiger partial charge in [-0.3, -0.25) is 0 Å². The van der Waals surface area contributed by atoms with Crippen LogP contribution in [0.4, 0.5) is 0 Å². The molecule has 21 rings (SSSR count). The van der Waals surface area contributed by atoms with Crippen molar-refractivity contribution in [2.24, 2.45) is 41.9 Å². The monoisotopic (exact) mass is 2180 g/mol. The first-order valence-electron chi connectivity index (χ1n) is 45.8. The van der Waals surface area contributed by atoms with E-state index in [0.717, 1.165) is 218 Å². The molecular weight excluding hydrogens is 2080 g/mol. The topological polar surface area (TPSA) is 758 Å². The molecule has 17 N–H and O–H groups in total. The van der Waals surface area contributed by atoms with E-state index in [-0.39, 0.29) is 85.3 Å². The van der Waals surface area contributed by atoms with Crippen molar-refractivity contribution in [3.05, 3.63) is 279 Å². The van der Waals surface area contributed by atoms with Crippen LogP contribution in [0.25, 0.3) is 87.6 Å². The number of nitrogens with two attached hydrogens (primary N) is 7. The van der Waals surface area contributed by atoms with Gasteiger partial charge in [0.25, 0.3) is 0 Å². The van der Waals surface area contributed by atoms with Gasteiger partial charge in [-0.05, 0) is 277 Å². The molecule has 7 heterocycles. The molecule has 8 aromatic carbocycles. The van der Waals surface area contributed by atoms with Crippen LogP contribution < -0.4 is 105 Å². The van der Waals surface area contributed by atoms with Crippen molar-refractivity contribution in [3.63, 3.8) is 0 Å². The summed E-state index contributed by atoms with van der Waals surface area (Å²) in [4.78, 5) is 83.2. The van der Waals surface area contributed by atoms with Crippen LogP contribution in [-0.4, -0.2) is 74.2 Å². The second kappa shape index (κ2) is 43.8. The molecule has 45 nitrogen and oxygen atoms in total. The molecule has 0 saturated heterocycles.